The van der Waals surface area contributed by atoms with Gasteiger partial charge in [-0.25, -0.2) is 4.79 Å². The largest absolute Gasteiger partial charge is 0.506 e. The molecule has 1 N–H and O–H groups in total. The number of carbonyl (C=O) groups is 1. The number of ether oxygens (including phenoxy) is 2. The van der Waals surface area contributed by atoms with Gasteiger partial charge in [0.1, 0.15) is 17.1 Å². The third-order valence-electron chi connectivity index (χ3n) is 3.87. The number of hydrogen-bond acceptors (Lipinski definition) is 4. The third-order valence-corrected chi connectivity index (χ3v) is 4.77. The molecule has 3 rings (SSSR count). The van der Waals surface area contributed by atoms with E-state index in [4.69, 9.17) is 9.47 Å². The molecule has 122 valence electrons. The van der Waals surface area contributed by atoms with Gasteiger partial charge in [0, 0.05) is 9.13 Å². The zero-order valence-electron chi connectivity index (χ0n) is 13.2. The standard InChI is InChI=1S/C19H15IO4/c1-23-12-7-8-14(16(20)10-12)17-13-6-4-3-5-11(13)9-15(18(17)21)19(22)24-2/h3-10,21H,1-2H3. The van der Waals surface area contributed by atoms with Gasteiger partial charge >= 0.3 is 5.97 Å². The molecule has 0 unspecified atom stereocenters. The summed E-state index contributed by atoms with van der Waals surface area (Å²) in [5.41, 5.74) is 1.59. The molecular weight excluding hydrogens is 419 g/mol. The molecule has 0 spiro atoms. The maximum Gasteiger partial charge on any atom is 0.341 e. The molecule has 0 saturated carbocycles. The highest BCUT2D eigenvalue weighted by atomic mass is 127. The van der Waals surface area contributed by atoms with E-state index in [-0.39, 0.29) is 11.3 Å². The van der Waals surface area contributed by atoms with E-state index in [1.165, 1.54) is 7.11 Å². The van der Waals surface area contributed by atoms with Gasteiger partial charge in [-0.3, -0.25) is 0 Å². The smallest absolute Gasteiger partial charge is 0.341 e. The van der Waals surface area contributed by atoms with Crippen molar-refractivity contribution in [2.75, 3.05) is 14.2 Å². The van der Waals surface area contributed by atoms with Crippen LogP contribution >= 0.6 is 22.6 Å². The minimum Gasteiger partial charge on any atom is -0.506 e. The summed E-state index contributed by atoms with van der Waals surface area (Å²) in [4.78, 5) is 12.0. The Balaban J connectivity index is 2.37. The van der Waals surface area contributed by atoms with E-state index < -0.39 is 5.97 Å². The first-order valence-electron chi connectivity index (χ1n) is 7.23. The van der Waals surface area contributed by atoms with E-state index in [1.54, 1.807) is 13.2 Å². The Kier molecular flexibility index (Phi) is 4.62. The number of benzene rings is 3. The number of hydrogen-bond donors (Lipinski definition) is 1. The summed E-state index contributed by atoms with van der Waals surface area (Å²) in [6.45, 7) is 0. The van der Waals surface area contributed by atoms with Crippen LogP contribution in [0.2, 0.25) is 0 Å². The lowest BCUT2D eigenvalue weighted by Crippen LogP contribution is -2.03. The zero-order chi connectivity index (χ0) is 17.3. The fourth-order valence-electron chi connectivity index (χ4n) is 2.70. The number of phenols is 1. The Hall–Kier alpha value is -2.28. The van der Waals surface area contributed by atoms with Crippen LogP contribution in [0, 0.1) is 3.57 Å². The summed E-state index contributed by atoms with van der Waals surface area (Å²) in [6, 6.07) is 14.9. The van der Waals surface area contributed by atoms with E-state index in [0.717, 1.165) is 25.7 Å². The Bertz CT molecular complexity index is 934. The van der Waals surface area contributed by atoms with E-state index >= 15 is 0 Å². The lowest BCUT2D eigenvalue weighted by molar-refractivity contribution is 0.0598. The van der Waals surface area contributed by atoms with Crippen molar-refractivity contribution in [3.63, 3.8) is 0 Å². The van der Waals surface area contributed by atoms with Crippen LogP contribution in [0.1, 0.15) is 10.4 Å². The maximum atomic E-state index is 12.0. The Morgan fingerprint density at radius 3 is 2.50 bits per heavy atom. The number of aromatic hydroxyl groups is 1. The van der Waals surface area contributed by atoms with Gasteiger partial charge in [0.15, 0.2) is 0 Å². The van der Waals surface area contributed by atoms with E-state index in [0.29, 0.717) is 5.56 Å². The molecule has 0 amide bonds. The average molecular weight is 434 g/mol. The highest BCUT2D eigenvalue weighted by molar-refractivity contribution is 14.1. The van der Waals surface area contributed by atoms with Gasteiger partial charge in [-0.15, -0.1) is 0 Å². The summed E-state index contributed by atoms with van der Waals surface area (Å²) in [6.07, 6.45) is 0. The second-order valence-corrected chi connectivity index (χ2v) is 6.37. The predicted octanol–water partition coefficient (Wildman–Crippen LogP) is 4.61. The van der Waals surface area contributed by atoms with Crippen LogP contribution in [-0.2, 0) is 4.74 Å². The molecule has 0 radical (unpaired) electrons. The number of esters is 1. The molecule has 0 heterocycles. The number of halogens is 1. The Morgan fingerprint density at radius 1 is 1.08 bits per heavy atom. The number of carbonyl (C=O) groups excluding carboxylic acids is 1. The van der Waals surface area contributed by atoms with Crippen molar-refractivity contribution in [3.05, 3.63) is 57.7 Å². The first-order chi connectivity index (χ1) is 11.6. The SMILES string of the molecule is COC(=O)c1cc2ccccc2c(-c2ccc(OC)cc2I)c1O. The number of fused-ring (bicyclic) bond motifs is 1. The molecule has 5 heteroatoms. The highest BCUT2D eigenvalue weighted by Gasteiger charge is 2.21. The summed E-state index contributed by atoms with van der Waals surface area (Å²) < 4.78 is 11.0. The molecule has 0 saturated heterocycles. The molecule has 0 bridgehead atoms. The molecule has 0 atom stereocenters. The van der Waals surface area contributed by atoms with Crippen molar-refractivity contribution in [1.29, 1.82) is 0 Å². The summed E-state index contributed by atoms with van der Waals surface area (Å²) in [7, 11) is 2.91. The maximum absolute atomic E-state index is 12.0. The fourth-order valence-corrected chi connectivity index (χ4v) is 3.46. The molecule has 0 aliphatic carbocycles. The van der Waals surface area contributed by atoms with Crippen molar-refractivity contribution in [2.45, 2.75) is 0 Å². The van der Waals surface area contributed by atoms with Crippen LogP contribution in [0.5, 0.6) is 11.5 Å². The topological polar surface area (TPSA) is 55.8 Å². The molecule has 0 aromatic heterocycles. The molecule has 0 fully saturated rings. The fraction of sp³-hybridized carbons (Fsp3) is 0.105. The van der Waals surface area contributed by atoms with Gasteiger partial charge in [-0.1, -0.05) is 24.3 Å². The number of phenolic OH excluding ortho intramolecular Hbond substituents is 1. The molecule has 0 aliphatic heterocycles. The monoisotopic (exact) mass is 434 g/mol. The Labute approximate surface area is 153 Å². The molecule has 3 aromatic carbocycles. The lowest BCUT2D eigenvalue weighted by Gasteiger charge is -2.15. The molecule has 24 heavy (non-hydrogen) atoms. The third kappa shape index (κ3) is 2.80. The van der Waals surface area contributed by atoms with Crippen molar-refractivity contribution in [1.82, 2.24) is 0 Å². The van der Waals surface area contributed by atoms with Gasteiger partial charge in [0.2, 0.25) is 0 Å². The van der Waals surface area contributed by atoms with Gasteiger partial charge in [0.05, 0.1) is 14.2 Å². The number of methoxy groups -OCH3 is 2. The summed E-state index contributed by atoms with van der Waals surface area (Å²) in [5.74, 6) is 0.0859. The van der Waals surface area contributed by atoms with E-state index in [2.05, 4.69) is 22.6 Å². The van der Waals surface area contributed by atoms with Gasteiger partial charge in [-0.05, 0) is 63.2 Å². The average Bonchev–Trinajstić information content (AvgIpc) is 2.61. The van der Waals surface area contributed by atoms with Crippen molar-refractivity contribution in [3.8, 4) is 22.6 Å². The molecule has 4 nitrogen and oxygen atoms in total. The predicted molar refractivity (Wildman–Crippen MR) is 102 cm³/mol. The van der Waals surface area contributed by atoms with Crippen LogP contribution in [0.25, 0.3) is 21.9 Å². The highest BCUT2D eigenvalue weighted by Crippen LogP contribution is 2.42. The second-order valence-electron chi connectivity index (χ2n) is 5.21. The number of rotatable bonds is 3. The van der Waals surface area contributed by atoms with E-state index in [1.807, 2.05) is 42.5 Å². The van der Waals surface area contributed by atoms with Crippen LogP contribution in [0.4, 0.5) is 0 Å². The first kappa shape index (κ1) is 16.6. The van der Waals surface area contributed by atoms with Gasteiger partial charge < -0.3 is 14.6 Å². The minimum atomic E-state index is -0.567. The normalized spacial score (nSPS) is 10.6. The van der Waals surface area contributed by atoms with E-state index in [9.17, 15) is 9.90 Å². The molecule has 3 aromatic rings. The second kappa shape index (κ2) is 6.68. The first-order valence-corrected chi connectivity index (χ1v) is 8.31. The Morgan fingerprint density at radius 2 is 1.83 bits per heavy atom. The molecule has 0 aliphatic rings. The van der Waals surface area contributed by atoms with Crippen LogP contribution < -0.4 is 4.74 Å². The quantitative estimate of drug-likeness (QED) is 0.483. The summed E-state index contributed by atoms with van der Waals surface area (Å²) >= 11 is 2.19. The van der Waals surface area contributed by atoms with Gasteiger partial charge in [-0.2, -0.15) is 0 Å². The molecular formula is C19H15IO4. The van der Waals surface area contributed by atoms with Crippen molar-refractivity contribution < 1.29 is 19.4 Å². The summed E-state index contributed by atoms with van der Waals surface area (Å²) in [5, 5.41) is 12.5. The van der Waals surface area contributed by atoms with Gasteiger partial charge in [0.25, 0.3) is 0 Å². The minimum absolute atomic E-state index is 0.0800. The lowest BCUT2D eigenvalue weighted by atomic mass is 9.94. The van der Waals surface area contributed by atoms with Crippen LogP contribution in [0.15, 0.2) is 48.5 Å². The van der Waals surface area contributed by atoms with Crippen LogP contribution in [0.3, 0.4) is 0 Å². The van der Waals surface area contributed by atoms with Crippen molar-refractivity contribution >= 4 is 39.3 Å². The van der Waals surface area contributed by atoms with Crippen LogP contribution in [-0.4, -0.2) is 25.3 Å². The van der Waals surface area contributed by atoms with Crippen molar-refractivity contribution in [2.24, 2.45) is 0 Å². The zero-order valence-corrected chi connectivity index (χ0v) is 15.3.